The molecule has 1 fully saturated rings. The van der Waals surface area contributed by atoms with Crippen molar-refractivity contribution in [2.75, 3.05) is 12.4 Å². The van der Waals surface area contributed by atoms with Gasteiger partial charge in [0.2, 0.25) is 9.05 Å². The Morgan fingerprint density at radius 1 is 1.41 bits per heavy atom. The molecular formula is C12H15ClO3S. The number of ether oxygens (including phenoxy) is 1. The Kier molecular flexibility index (Phi) is 3.76. The lowest BCUT2D eigenvalue weighted by atomic mass is 9.93. The van der Waals surface area contributed by atoms with Crippen LogP contribution in [-0.4, -0.2) is 26.9 Å². The minimum atomic E-state index is -3.48. The number of aryl methyl sites for hydroxylation is 1. The van der Waals surface area contributed by atoms with Crippen molar-refractivity contribution in [3.63, 3.8) is 0 Å². The van der Waals surface area contributed by atoms with E-state index in [0.717, 1.165) is 6.42 Å². The zero-order valence-electron chi connectivity index (χ0n) is 9.60. The van der Waals surface area contributed by atoms with E-state index in [0.29, 0.717) is 6.61 Å². The predicted octanol–water partition coefficient (Wildman–Crippen LogP) is 2.44. The molecule has 0 amide bonds. The van der Waals surface area contributed by atoms with Gasteiger partial charge in [-0.25, -0.2) is 8.42 Å². The number of hydrogen-bond donors (Lipinski definition) is 0. The van der Waals surface area contributed by atoms with Gasteiger partial charge in [-0.15, -0.1) is 0 Å². The number of halogens is 1. The topological polar surface area (TPSA) is 43.4 Å². The van der Waals surface area contributed by atoms with Gasteiger partial charge in [0, 0.05) is 16.6 Å². The number of hydrogen-bond acceptors (Lipinski definition) is 3. The van der Waals surface area contributed by atoms with Crippen molar-refractivity contribution >= 4 is 19.7 Å². The first-order chi connectivity index (χ1) is 7.96. The van der Waals surface area contributed by atoms with Crippen LogP contribution in [-0.2, 0) is 13.8 Å². The molecule has 0 aliphatic carbocycles. The zero-order valence-corrected chi connectivity index (χ0v) is 11.2. The van der Waals surface area contributed by atoms with E-state index in [1.165, 1.54) is 11.1 Å². The standard InChI is InChI=1S/C12H15ClO3S/c1-9-4-2-3-5-12(9)10-6-11(16-7-10)8-17(13,14)15/h2-5,10-11H,6-8H2,1H3. The maximum absolute atomic E-state index is 11.0. The summed E-state index contributed by atoms with van der Waals surface area (Å²) in [5, 5.41) is 0. The second-order valence-electron chi connectivity index (χ2n) is 4.45. The third-order valence-corrected chi connectivity index (χ3v) is 4.24. The SMILES string of the molecule is Cc1ccccc1C1COC(CS(=O)(=O)Cl)C1. The molecule has 0 spiro atoms. The van der Waals surface area contributed by atoms with Crippen molar-refractivity contribution in [1.29, 1.82) is 0 Å². The molecule has 0 N–H and O–H groups in total. The average molecular weight is 275 g/mol. The molecule has 94 valence electrons. The van der Waals surface area contributed by atoms with E-state index in [1.807, 2.05) is 12.1 Å². The summed E-state index contributed by atoms with van der Waals surface area (Å²) < 4.78 is 27.5. The molecular weight excluding hydrogens is 260 g/mol. The van der Waals surface area contributed by atoms with Crippen LogP contribution < -0.4 is 0 Å². The summed E-state index contributed by atoms with van der Waals surface area (Å²) in [4.78, 5) is 0. The lowest BCUT2D eigenvalue weighted by Crippen LogP contribution is -2.16. The quantitative estimate of drug-likeness (QED) is 0.795. The number of benzene rings is 1. The van der Waals surface area contributed by atoms with Crippen molar-refractivity contribution in [3.05, 3.63) is 35.4 Å². The molecule has 2 unspecified atom stereocenters. The fourth-order valence-corrected chi connectivity index (χ4v) is 3.40. The first-order valence-corrected chi connectivity index (χ1v) is 8.03. The van der Waals surface area contributed by atoms with Gasteiger partial charge in [0.1, 0.15) is 0 Å². The predicted molar refractivity (Wildman–Crippen MR) is 67.9 cm³/mol. The second kappa shape index (κ2) is 4.96. The van der Waals surface area contributed by atoms with Gasteiger partial charge in [0.25, 0.3) is 0 Å². The molecule has 1 aromatic rings. The molecule has 2 atom stereocenters. The molecule has 5 heteroatoms. The molecule has 2 rings (SSSR count). The summed E-state index contributed by atoms with van der Waals surface area (Å²) in [6, 6.07) is 8.12. The van der Waals surface area contributed by atoms with Crippen molar-refractivity contribution in [2.24, 2.45) is 0 Å². The van der Waals surface area contributed by atoms with Gasteiger partial charge in [0.15, 0.2) is 0 Å². The molecule has 0 radical (unpaired) electrons. The van der Waals surface area contributed by atoms with Crippen LogP contribution >= 0.6 is 10.7 Å². The minimum Gasteiger partial charge on any atom is -0.376 e. The first kappa shape index (κ1) is 12.9. The molecule has 17 heavy (non-hydrogen) atoms. The lowest BCUT2D eigenvalue weighted by Gasteiger charge is -2.11. The molecule has 0 aromatic heterocycles. The van der Waals surface area contributed by atoms with E-state index >= 15 is 0 Å². The van der Waals surface area contributed by atoms with Crippen LogP contribution in [0.4, 0.5) is 0 Å². The Bertz CT molecular complexity index is 498. The highest BCUT2D eigenvalue weighted by atomic mass is 35.7. The lowest BCUT2D eigenvalue weighted by molar-refractivity contribution is 0.126. The summed E-state index contributed by atoms with van der Waals surface area (Å²) in [5.74, 6) is 0.177. The summed E-state index contributed by atoms with van der Waals surface area (Å²) in [5.41, 5.74) is 2.46. The van der Waals surface area contributed by atoms with Gasteiger partial charge < -0.3 is 4.74 Å². The highest BCUT2D eigenvalue weighted by Gasteiger charge is 2.30. The zero-order chi connectivity index (χ0) is 12.5. The molecule has 1 heterocycles. The van der Waals surface area contributed by atoms with Crippen molar-refractivity contribution in [3.8, 4) is 0 Å². The van der Waals surface area contributed by atoms with Crippen LogP contribution in [0.1, 0.15) is 23.5 Å². The van der Waals surface area contributed by atoms with E-state index < -0.39 is 9.05 Å². The Hall–Kier alpha value is -0.580. The molecule has 0 saturated carbocycles. The van der Waals surface area contributed by atoms with E-state index in [1.54, 1.807) is 0 Å². The van der Waals surface area contributed by atoms with Gasteiger partial charge in [-0.2, -0.15) is 0 Å². The van der Waals surface area contributed by atoms with Crippen LogP contribution in [0, 0.1) is 6.92 Å². The average Bonchev–Trinajstić information content (AvgIpc) is 2.64. The fourth-order valence-electron chi connectivity index (χ4n) is 2.31. The summed E-state index contributed by atoms with van der Waals surface area (Å²) in [6.07, 6.45) is 0.443. The number of rotatable bonds is 3. The highest BCUT2D eigenvalue weighted by Crippen LogP contribution is 2.32. The first-order valence-electron chi connectivity index (χ1n) is 5.55. The Morgan fingerprint density at radius 2 is 2.12 bits per heavy atom. The van der Waals surface area contributed by atoms with Gasteiger partial charge in [0.05, 0.1) is 18.5 Å². The van der Waals surface area contributed by atoms with Crippen molar-refractivity contribution in [2.45, 2.75) is 25.4 Å². The molecule has 1 aromatic carbocycles. The molecule has 1 saturated heterocycles. The van der Waals surface area contributed by atoms with E-state index in [2.05, 4.69) is 19.1 Å². The van der Waals surface area contributed by atoms with Crippen LogP contribution in [0.25, 0.3) is 0 Å². The Morgan fingerprint density at radius 3 is 2.76 bits per heavy atom. The Labute approximate surface area is 106 Å². The van der Waals surface area contributed by atoms with Gasteiger partial charge in [-0.1, -0.05) is 24.3 Å². The van der Waals surface area contributed by atoms with Crippen molar-refractivity contribution in [1.82, 2.24) is 0 Å². The van der Waals surface area contributed by atoms with Crippen molar-refractivity contribution < 1.29 is 13.2 Å². The molecule has 3 nitrogen and oxygen atoms in total. The normalized spacial score (nSPS) is 25.1. The highest BCUT2D eigenvalue weighted by molar-refractivity contribution is 8.13. The van der Waals surface area contributed by atoms with Crippen LogP contribution in [0.5, 0.6) is 0 Å². The second-order valence-corrected chi connectivity index (χ2v) is 7.27. The maximum Gasteiger partial charge on any atom is 0.235 e. The van der Waals surface area contributed by atoms with Gasteiger partial charge >= 0.3 is 0 Å². The fraction of sp³-hybridized carbons (Fsp3) is 0.500. The van der Waals surface area contributed by atoms with Crippen LogP contribution in [0.2, 0.25) is 0 Å². The van der Waals surface area contributed by atoms with E-state index in [4.69, 9.17) is 15.4 Å². The van der Waals surface area contributed by atoms with Gasteiger partial charge in [-0.05, 0) is 24.5 Å². The van der Waals surface area contributed by atoms with Gasteiger partial charge in [-0.3, -0.25) is 0 Å². The third kappa shape index (κ3) is 3.44. The molecule has 1 aliphatic heterocycles. The summed E-state index contributed by atoms with van der Waals surface area (Å²) >= 11 is 0. The monoisotopic (exact) mass is 274 g/mol. The Balaban J connectivity index is 2.06. The molecule has 0 bridgehead atoms. The third-order valence-electron chi connectivity index (χ3n) is 3.09. The smallest absolute Gasteiger partial charge is 0.235 e. The maximum atomic E-state index is 11.0. The van der Waals surface area contributed by atoms with Crippen LogP contribution in [0.15, 0.2) is 24.3 Å². The van der Waals surface area contributed by atoms with E-state index in [9.17, 15) is 8.42 Å². The largest absolute Gasteiger partial charge is 0.376 e. The van der Waals surface area contributed by atoms with E-state index in [-0.39, 0.29) is 17.8 Å². The summed E-state index contributed by atoms with van der Waals surface area (Å²) in [7, 11) is 1.75. The molecule has 1 aliphatic rings. The van der Waals surface area contributed by atoms with Crippen LogP contribution in [0.3, 0.4) is 0 Å². The minimum absolute atomic E-state index is 0.100. The summed E-state index contributed by atoms with van der Waals surface area (Å²) in [6.45, 7) is 2.63.